The lowest BCUT2D eigenvalue weighted by atomic mass is 9.69. The van der Waals surface area contributed by atoms with Gasteiger partial charge in [0.25, 0.3) is 0 Å². The van der Waals surface area contributed by atoms with Gasteiger partial charge in [0.15, 0.2) is 0 Å². The summed E-state index contributed by atoms with van der Waals surface area (Å²) >= 11 is 6.77. The van der Waals surface area contributed by atoms with E-state index in [1.807, 2.05) is 20.0 Å². The molecule has 0 bridgehead atoms. The molecule has 2 saturated carbocycles. The molecule has 2 aromatic carbocycles. The van der Waals surface area contributed by atoms with Gasteiger partial charge in [-0.25, -0.2) is 9.82 Å². The normalized spacial score (nSPS) is 19.2. The highest BCUT2D eigenvalue weighted by Gasteiger charge is 2.38. The average Bonchev–Trinajstić information content (AvgIpc) is 3.68. The Morgan fingerprint density at radius 1 is 1.13 bits per heavy atom. The largest absolute Gasteiger partial charge is 0.378 e. The topological polar surface area (TPSA) is 100 Å². The predicted molar refractivity (Wildman–Crippen MR) is 155 cm³/mol. The Balaban J connectivity index is 1.39. The van der Waals surface area contributed by atoms with Gasteiger partial charge in [-0.3, -0.25) is 9.99 Å². The van der Waals surface area contributed by atoms with Crippen molar-refractivity contribution < 1.29 is 4.39 Å². The highest BCUT2D eigenvalue weighted by atomic mass is 35.5. The molecule has 2 fully saturated rings. The Kier molecular flexibility index (Phi) is 6.98. The summed E-state index contributed by atoms with van der Waals surface area (Å²) in [5.41, 5.74) is 16.8. The van der Waals surface area contributed by atoms with Crippen LogP contribution in [0.15, 0.2) is 54.5 Å². The third-order valence-corrected chi connectivity index (χ3v) is 8.22. The monoisotopic (exact) mass is 544 g/mol. The zero-order valence-electron chi connectivity index (χ0n) is 21.8. The van der Waals surface area contributed by atoms with Crippen molar-refractivity contribution in [1.29, 1.82) is 5.26 Å². The second-order valence-corrected chi connectivity index (χ2v) is 11.2. The van der Waals surface area contributed by atoms with Gasteiger partial charge in [0.1, 0.15) is 19.7 Å². The van der Waals surface area contributed by atoms with E-state index < -0.39 is 5.44 Å². The van der Waals surface area contributed by atoms with Crippen molar-refractivity contribution in [2.75, 3.05) is 10.7 Å². The Bertz CT molecular complexity index is 1450. The first-order chi connectivity index (χ1) is 18.9. The number of pyridine rings is 1. The maximum absolute atomic E-state index is 13.9. The molecular weight excluding hydrogens is 514 g/mol. The van der Waals surface area contributed by atoms with Gasteiger partial charge in [0, 0.05) is 35.6 Å². The molecule has 6 rings (SSSR count). The second kappa shape index (κ2) is 10.6. The minimum absolute atomic E-state index is 0.294. The average molecular weight is 545 g/mol. The number of hydrogen-bond donors (Lipinski definition) is 5. The van der Waals surface area contributed by atoms with Gasteiger partial charge in [-0.1, -0.05) is 43.0 Å². The lowest BCUT2D eigenvalue weighted by Crippen LogP contribution is -2.45. The van der Waals surface area contributed by atoms with Gasteiger partial charge in [-0.15, -0.1) is 5.53 Å². The maximum Gasteiger partial charge on any atom is 0.148 e. The van der Waals surface area contributed by atoms with Crippen molar-refractivity contribution in [1.82, 2.24) is 26.4 Å². The smallest absolute Gasteiger partial charge is 0.148 e. The molecule has 0 saturated heterocycles. The van der Waals surface area contributed by atoms with E-state index in [9.17, 15) is 9.65 Å². The van der Waals surface area contributed by atoms with Crippen molar-refractivity contribution in [2.24, 2.45) is 0 Å². The van der Waals surface area contributed by atoms with Crippen LogP contribution in [0.2, 0.25) is 5.02 Å². The van der Waals surface area contributed by atoms with Crippen molar-refractivity contribution in [3.8, 4) is 6.07 Å². The molecule has 1 aliphatic heterocycles. The van der Waals surface area contributed by atoms with E-state index in [0.29, 0.717) is 33.9 Å². The van der Waals surface area contributed by atoms with Gasteiger partial charge < -0.3 is 16.2 Å². The molecule has 3 aromatic rings. The van der Waals surface area contributed by atoms with E-state index in [4.69, 9.17) is 11.6 Å². The first kappa shape index (κ1) is 25.7. The molecule has 11 heteroatoms. The molecule has 0 amide bonds. The number of hydrogen-bond acceptors (Lipinski definition) is 8. The number of rotatable bonds is 8. The van der Waals surface area contributed by atoms with Crippen LogP contribution >= 0.6 is 11.6 Å². The summed E-state index contributed by atoms with van der Waals surface area (Å²) in [6.45, 7) is 0. The van der Waals surface area contributed by atoms with Crippen molar-refractivity contribution in [3.05, 3.63) is 76.5 Å². The van der Waals surface area contributed by atoms with Gasteiger partial charge in [-0.2, -0.15) is 5.26 Å². The fourth-order valence-corrected chi connectivity index (χ4v) is 5.74. The van der Waals surface area contributed by atoms with Gasteiger partial charge in [0.2, 0.25) is 0 Å². The molecule has 2 heterocycles. The maximum atomic E-state index is 13.9. The Morgan fingerprint density at radius 3 is 2.62 bits per heavy atom. The van der Waals surface area contributed by atoms with E-state index >= 15 is 0 Å². The summed E-state index contributed by atoms with van der Waals surface area (Å²) < 4.78 is 13.9. The molecular formula is C28H31BClFN8. The van der Waals surface area contributed by atoms with E-state index in [2.05, 4.69) is 49.4 Å². The quantitative estimate of drug-likeness (QED) is 0.211. The number of nitriles is 1. The van der Waals surface area contributed by atoms with E-state index in [1.165, 1.54) is 31.4 Å². The molecule has 3 aliphatic rings. The molecule has 5 N–H and O–H groups in total. The molecule has 1 unspecified atom stereocenters. The molecule has 39 heavy (non-hydrogen) atoms. The number of benzene rings is 2. The van der Waals surface area contributed by atoms with E-state index in [-0.39, 0.29) is 5.82 Å². The fourth-order valence-electron chi connectivity index (χ4n) is 5.47. The molecule has 2 aliphatic carbocycles. The summed E-state index contributed by atoms with van der Waals surface area (Å²) in [4.78, 5) is 4.49. The van der Waals surface area contributed by atoms with Gasteiger partial charge in [0.05, 0.1) is 32.9 Å². The zero-order chi connectivity index (χ0) is 27.0. The molecule has 200 valence electrons. The second-order valence-electron chi connectivity index (χ2n) is 10.8. The van der Waals surface area contributed by atoms with Crippen molar-refractivity contribution >= 4 is 41.7 Å². The van der Waals surface area contributed by atoms with E-state index in [1.54, 1.807) is 18.3 Å². The molecule has 0 spiro atoms. The summed E-state index contributed by atoms with van der Waals surface area (Å²) in [5, 5.41) is 16.8. The van der Waals surface area contributed by atoms with Crippen LogP contribution in [0.4, 0.5) is 15.8 Å². The Labute approximate surface area is 233 Å². The number of fused-ring (bicyclic) bond motifs is 1. The highest BCUT2D eigenvalue weighted by molar-refractivity contribution is 6.36. The van der Waals surface area contributed by atoms with Crippen LogP contribution in [-0.4, -0.2) is 29.9 Å². The molecule has 0 radical (unpaired) electrons. The van der Waals surface area contributed by atoms with Crippen LogP contribution in [0.3, 0.4) is 0 Å². The standard InChI is InChI=1S/C28H31BClFN8/c29-28(18-6-8-19(31)9-7-18,25-16-39(38-36-25)22-10-11-22)34-21-12-23-26(37-35-20-4-2-1-3-5-20)17(14-32)15-33-27(23)24(30)13-21/h6-9,12-13,15-16,20,22,34-36,38H,1-5,10-11,29H2,(H,33,37). The van der Waals surface area contributed by atoms with Gasteiger partial charge in [-0.05, 0) is 55.5 Å². The minimum Gasteiger partial charge on any atom is -0.378 e. The first-order valence-corrected chi connectivity index (χ1v) is 13.9. The third kappa shape index (κ3) is 5.22. The van der Waals surface area contributed by atoms with Crippen LogP contribution in [0.5, 0.6) is 0 Å². The van der Waals surface area contributed by atoms with Crippen molar-refractivity contribution in [3.63, 3.8) is 0 Å². The lowest BCUT2D eigenvalue weighted by Gasteiger charge is -2.34. The van der Waals surface area contributed by atoms with Crippen LogP contribution in [0.25, 0.3) is 10.9 Å². The number of nitrogens with zero attached hydrogens (tertiary/aromatic N) is 3. The van der Waals surface area contributed by atoms with Crippen LogP contribution in [0.1, 0.15) is 56.1 Å². The fraction of sp³-hybridized carbons (Fsp3) is 0.357. The van der Waals surface area contributed by atoms with Gasteiger partial charge >= 0.3 is 0 Å². The third-order valence-electron chi connectivity index (χ3n) is 7.93. The minimum atomic E-state index is -0.754. The SMILES string of the molecule is BC(Nc1cc(Cl)c2ncc(C#N)c(NNC3CCCCC3)c2c1)(C1=CN(C2CC2)NN1)c1ccc(F)cc1. The number of hydrazine groups is 3. The summed E-state index contributed by atoms with van der Waals surface area (Å²) in [5.74, 6) is -0.294. The number of nitrogens with one attached hydrogen (secondary N) is 5. The highest BCUT2D eigenvalue weighted by Crippen LogP contribution is 2.38. The first-order valence-electron chi connectivity index (χ1n) is 13.5. The van der Waals surface area contributed by atoms with Crippen LogP contribution in [0, 0.1) is 17.1 Å². The molecule has 8 nitrogen and oxygen atoms in total. The predicted octanol–water partition coefficient (Wildman–Crippen LogP) is 4.37. The van der Waals surface area contributed by atoms with E-state index in [0.717, 1.165) is 48.0 Å². The van der Waals surface area contributed by atoms with Crippen molar-refractivity contribution in [2.45, 2.75) is 62.5 Å². The number of anilines is 2. The summed E-state index contributed by atoms with van der Waals surface area (Å²) in [6.07, 6.45) is 11.7. The molecule has 1 atom stereocenters. The van der Waals surface area contributed by atoms with Crippen LogP contribution in [-0.2, 0) is 5.44 Å². The summed E-state index contributed by atoms with van der Waals surface area (Å²) in [6, 6.07) is 13.4. The zero-order valence-corrected chi connectivity index (χ0v) is 22.6. The number of aromatic nitrogens is 1. The summed E-state index contributed by atoms with van der Waals surface area (Å²) in [7, 11) is 2.04. The lowest BCUT2D eigenvalue weighted by molar-refractivity contribution is 0.260. The molecule has 1 aromatic heterocycles. The Morgan fingerprint density at radius 2 is 1.90 bits per heavy atom. The van der Waals surface area contributed by atoms with Crippen LogP contribution < -0.4 is 27.1 Å². The number of halogens is 2. The Hall–Kier alpha value is -3.52.